The summed E-state index contributed by atoms with van der Waals surface area (Å²) >= 11 is 0. The zero-order chi connectivity index (χ0) is 9.40. The Kier molecular flexibility index (Phi) is 11.5. The smallest absolute Gasteiger partial charge is 0.220 e. The summed E-state index contributed by atoms with van der Waals surface area (Å²) in [5, 5.41) is 0. The summed E-state index contributed by atoms with van der Waals surface area (Å²) in [4.78, 5) is 10.9. The Morgan fingerprint density at radius 1 is 1.15 bits per heavy atom. The average molecular weight is 208 g/mol. The fourth-order valence-electron chi connectivity index (χ4n) is 1.33. The van der Waals surface area contributed by atoms with Crippen LogP contribution in [-0.4, -0.2) is 5.91 Å². The summed E-state index contributed by atoms with van der Waals surface area (Å²) in [6.45, 7) is 4.27. The maximum absolute atomic E-state index is 10.9. The fraction of sp³-hybridized carbons (Fsp3) is 0.900. The molecule has 0 heterocycles. The predicted octanol–water partition coefficient (Wildman–Crippen LogP) is 2.89. The third kappa shape index (κ3) is 8.10. The standard InChI is InChI=1S/C10H21NO.ClH/c1-3-5-7-9(10(11)12)8-6-4-2;/h9H,3-8H2,1-2H3,(H2,11,12);1H. The van der Waals surface area contributed by atoms with Crippen molar-refractivity contribution in [2.24, 2.45) is 11.7 Å². The van der Waals surface area contributed by atoms with Crippen LogP contribution >= 0.6 is 12.4 Å². The zero-order valence-corrected chi connectivity index (χ0v) is 9.53. The summed E-state index contributed by atoms with van der Waals surface area (Å²) in [6.07, 6.45) is 6.50. The molecule has 13 heavy (non-hydrogen) atoms. The van der Waals surface area contributed by atoms with Crippen LogP contribution in [0.15, 0.2) is 0 Å². The Balaban J connectivity index is 0. The summed E-state index contributed by atoms with van der Waals surface area (Å²) in [7, 11) is 0. The first-order valence-electron chi connectivity index (χ1n) is 5.01. The third-order valence-corrected chi connectivity index (χ3v) is 2.21. The molecule has 0 unspecified atom stereocenters. The minimum atomic E-state index is -0.114. The molecule has 0 aliphatic carbocycles. The second kappa shape index (κ2) is 9.85. The molecule has 0 aromatic rings. The first-order chi connectivity index (χ1) is 5.72. The van der Waals surface area contributed by atoms with E-state index in [9.17, 15) is 4.79 Å². The van der Waals surface area contributed by atoms with E-state index in [1.165, 1.54) is 0 Å². The molecule has 0 rings (SSSR count). The summed E-state index contributed by atoms with van der Waals surface area (Å²) in [5.74, 6) is 0.0156. The molecule has 80 valence electrons. The lowest BCUT2D eigenvalue weighted by atomic mass is 9.96. The van der Waals surface area contributed by atoms with Crippen molar-refractivity contribution in [3.63, 3.8) is 0 Å². The number of nitrogens with two attached hydrogens (primary N) is 1. The van der Waals surface area contributed by atoms with E-state index in [0.717, 1.165) is 38.5 Å². The number of carbonyl (C=O) groups excluding carboxylic acids is 1. The van der Waals surface area contributed by atoms with E-state index in [1.54, 1.807) is 0 Å². The number of primary amides is 1. The molecule has 0 aromatic heterocycles. The molecular weight excluding hydrogens is 186 g/mol. The quantitative estimate of drug-likeness (QED) is 0.686. The van der Waals surface area contributed by atoms with Crippen LogP contribution in [0.1, 0.15) is 52.4 Å². The van der Waals surface area contributed by atoms with Gasteiger partial charge in [0.15, 0.2) is 0 Å². The molecule has 0 atom stereocenters. The Morgan fingerprint density at radius 2 is 1.54 bits per heavy atom. The van der Waals surface area contributed by atoms with E-state index in [-0.39, 0.29) is 24.2 Å². The largest absolute Gasteiger partial charge is 0.369 e. The monoisotopic (exact) mass is 207 g/mol. The van der Waals surface area contributed by atoms with Crippen LogP contribution in [0.3, 0.4) is 0 Å². The van der Waals surface area contributed by atoms with Gasteiger partial charge in [-0.05, 0) is 12.8 Å². The molecule has 1 amide bonds. The molecule has 3 heteroatoms. The summed E-state index contributed by atoms with van der Waals surface area (Å²) in [6, 6.07) is 0. The van der Waals surface area contributed by atoms with Crippen molar-refractivity contribution in [2.45, 2.75) is 52.4 Å². The lowest BCUT2D eigenvalue weighted by Gasteiger charge is -2.11. The first kappa shape index (κ1) is 15.2. The number of unbranched alkanes of at least 4 members (excludes halogenated alkanes) is 2. The minimum Gasteiger partial charge on any atom is -0.369 e. The van der Waals surface area contributed by atoms with Crippen LogP contribution in [-0.2, 0) is 4.79 Å². The van der Waals surface area contributed by atoms with E-state index >= 15 is 0 Å². The van der Waals surface area contributed by atoms with Crippen molar-refractivity contribution in [3.05, 3.63) is 0 Å². The van der Waals surface area contributed by atoms with Crippen molar-refractivity contribution in [1.82, 2.24) is 0 Å². The van der Waals surface area contributed by atoms with Gasteiger partial charge >= 0.3 is 0 Å². The lowest BCUT2D eigenvalue weighted by Crippen LogP contribution is -2.23. The molecule has 0 fully saturated rings. The van der Waals surface area contributed by atoms with Gasteiger partial charge in [-0.3, -0.25) is 4.79 Å². The van der Waals surface area contributed by atoms with Crippen molar-refractivity contribution < 1.29 is 4.79 Å². The highest BCUT2D eigenvalue weighted by molar-refractivity contribution is 5.85. The summed E-state index contributed by atoms with van der Waals surface area (Å²) in [5.41, 5.74) is 5.28. The number of hydrogen-bond donors (Lipinski definition) is 1. The molecule has 0 aliphatic rings. The number of carbonyl (C=O) groups is 1. The van der Waals surface area contributed by atoms with Crippen LogP contribution in [0.25, 0.3) is 0 Å². The second-order valence-electron chi connectivity index (χ2n) is 3.38. The second-order valence-corrected chi connectivity index (χ2v) is 3.38. The van der Waals surface area contributed by atoms with Crippen molar-refractivity contribution in [3.8, 4) is 0 Å². The molecule has 2 N–H and O–H groups in total. The van der Waals surface area contributed by atoms with Gasteiger partial charge in [-0.2, -0.15) is 0 Å². The molecule has 2 nitrogen and oxygen atoms in total. The number of halogens is 1. The minimum absolute atomic E-state index is 0. The molecule has 0 aromatic carbocycles. The van der Waals surface area contributed by atoms with Gasteiger partial charge in [0.1, 0.15) is 0 Å². The SMILES string of the molecule is CCCCC(CCCC)C(N)=O.Cl. The Labute approximate surface area is 87.7 Å². The van der Waals surface area contributed by atoms with Crippen LogP contribution in [0.5, 0.6) is 0 Å². The van der Waals surface area contributed by atoms with Crippen LogP contribution in [0, 0.1) is 5.92 Å². The van der Waals surface area contributed by atoms with E-state index in [0.29, 0.717) is 0 Å². The normalized spacial score (nSPS) is 9.77. The highest BCUT2D eigenvalue weighted by Crippen LogP contribution is 2.15. The fourth-order valence-corrected chi connectivity index (χ4v) is 1.33. The van der Waals surface area contributed by atoms with Gasteiger partial charge in [-0.15, -0.1) is 12.4 Å². The van der Waals surface area contributed by atoms with Gasteiger partial charge in [0.25, 0.3) is 0 Å². The van der Waals surface area contributed by atoms with Gasteiger partial charge in [0.05, 0.1) is 0 Å². The van der Waals surface area contributed by atoms with E-state index < -0.39 is 0 Å². The van der Waals surface area contributed by atoms with Crippen LogP contribution in [0.4, 0.5) is 0 Å². The molecule has 0 spiro atoms. The van der Waals surface area contributed by atoms with E-state index in [4.69, 9.17) is 5.73 Å². The third-order valence-electron chi connectivity index (χ3n) is 2.21. The molecule has 0 saturated heterocycles. The Bertz CT molecular complexity index is 120. The van der Waals surface area contributed by atoms with Crippen molar-refractivity contribution in [2.75, 3.05) is 0 Å². The molecule has 0 bridgehead atoms. The van der Waals surface area contributed by atoms with Gasteiger partial charge in [-0.1, -0.05) is 39.5 Å². The molecule has 0 aliphatic heterocycles. The van der Waals surface area contributed by atoms with Crippen molar-refractivity contribution in [1.29, 1.82) is 0 Å². The highest BCUT2D eigenvalue weighted by atomic mass is 35.5. The highest BCUT2D eigenvalue weighted by Gasteiger charge is 2.12. The van der Waals surface area contributed by atoms with Gasteiger partial charge in [0, 0.05) is 5.92 Å². The van der Waals surface area contributed by atoms with Gasteiger partial charge in [-0.25, -0.2) is 0 Å². The number of amides is 1. The first-order valence-corrected chi connectivity index (χ1v) is 5.01. The van der Waals surface area contributed by atoms with E-state index in [2.05, 4.69) is 13.8 Å². The van der Waals surface area contributed by atoms with Gasteiger partial charge < -0.3 is 5.73 Å². The van der Waals surface area contributed by atoms with Crippen LogP contribution in [0.2, 0.25) is 0 Å². The average Bonchev–Trinajstić information content (AvgIpc) is 2.04. The Hall–Kier alpha value is -0.240. The molecule has 0 radical (unpaired) electrons. The number of rotatable bonds is 7. The predicted molar refractivity (Wildman–Crippen MR) is 59.0 cm³/mol. The molecule has 0 saturated carbocycles. The topological polar surface area (TPSA) is 43.1 Å². The maximum atomic E-state index is 10.9. The molecular formula is C10H22ClNO. The maximum Gasteiger partial charge on any atom is 0.220 e. The van der Waals surface area contributed by atoms with Crippen LogP contribution < -0.4 is 5.73 Å². The Morgan fingerprint density at radius 3 is 1.77 bits per heavy atom. The van der Waals surface area contributed by atoms with Gasteiger partial charge in [0.2, 0.25) is 5.91 Å². The number of hydrogen-bond acceptors (Lipinski definition) is 1. The lowest BCUT2D eigenvalue weighted by molar-refractivity contribution is -0.122. The van der Waals surface area contributed by atoms with Crippen molar-refractivity contribution >= 4 is 18.3 Å². The zero-order valence-electron chi connectivity index (χ0n) is 8.71. The summed E-state index contributed by atoms with van der Waals surface area (Å²) < 4.78 is 0. The van der Waals surface area contributed by atoms with E-state index in [1.807, 2.05) is 0 Å².